The molecule has 0 atom stereocenters. The smallest absolute Gasteiger partial charge is 0.166 e. The highest BCUT2D eigenvalue weighted by Crippen LogP contribution is 2.52. The van der Waals surface area contributed by atoms with Gasteiger partial charge >= 0.3 is 6.18 Å². The first-order valence-corrected chi connectivity index (χ1v) is 10.3. The summed E-state index contributed by atoms with van der Waals surface area (Å²) in [5.74, 6) is 0. The van der Waals surface area contributed by atoms with Gasteiger partial charge in [0.05, 0.1) is 5.56 Å². The molecule has 0 heterocycles. The largest absolute Gasteiger partial charge is 0.416 e. The summed E-state index contributed by atoms with van der Waals surface area (Å²) in [5.41, 5.74) is 1.90. The van der Waals surface area contributed by atoms with Crippen LogP contribution in [0.15, 0.2) is 36.4 Å². The molecule has 0 fully saturated rings. The molecule has 0 aliphatic heterocycles. The van der Waals surface area contributed by atoms with Crippen LogP contribution in [0, 0.1) is 6.92 Å². The van der Waals surface area contributed by atoms with Gasteiger partial charge in [-0.3, -0.25) is 0 Å². The van der Waals surface area contributed by atoms with Crippen LogP contribution in [0.4, 0.5) is 13.2 Å². The highest BCUT2D eigenvalue weighted by Gasteiger charge is 2.48. The van der Waals surface area contributed by atoms with Gasteiger partial charge in [0, 0.05) is 0 Å². The first-order chi connectivity index (χ1) is 13.0. The summed E-state index contributed by atoms with van der Waals surface area (Å²) >= 11 is 0. The first kappa shape index (κ1) is 21.9. The second-order valence-electron chi connectivity index (χ2n) is 10.8. The maximum Gasteiger partial charge on any atom is 0.416 e. The van der Waals surface area contributed by atoms with Crippen LogP contribution in [0.5, 0.6) is 0 Å². The van der Waals surface area contributed by atoms with Gasteiger partial charge in [0.1, 0.15) is 0 Å². The zero-order chi connectivity index (χ0) is 22.2. The Hall–Kier alpha value is -1.77. The van der Waals surface area contributed by atoms with Gasteiger partial charge in [0.25, 0.3) is 0 Å². The molecule has 4 aliphatic carbocycles. The van der Waals surface area contributed by atoms with Crippen molar-refractivity contribution in [3.05, 3.63) is 69.8 Å². The molecule has 4 aliphatic rings. The molecule has 4 bridgehead atoms. The molecule has 0 radical (unpaired) electrons. The topological polar surface area (TPSA) is 0 Å². The average Bonchev–Trinajstić information content (AvgIpc) is 2.59. The molecule has 158 valence electrons. The van der Waals surface area contributed by atoms with E-state index in [0.717, 1.165) is 22.3 Å². The Kier molecular flexibility index (Phi) is 4.63. The van der Waals surface area contributed by atoms with Crippen molar-refractivity contribution in [3.8, 4) is 0 Å². The number of alkyl halides is 3. The van der Waals surface area contributed by atoms with E-state index < -0.39 is 28.0 Å². The highest BCUT2D eigenvalue weighted by molar-refractivity contribution is 5.50. The van der Waals surface area contributed by atoms with E-state index in [0.29, 0.717) is 5.56 Å². The summed E-state index contributed by atoms with van der Waals surface area (Å²) in [6, 6.07) is 11.6. The fourth-order valence-corrected chi connectivity index (χ4v) is 4.86. The quantitative estimate of drug-likeness (QED) is 0.421. The lowest BCUT2D eigenvalue weighted by Gasteiger charge is -2.48. The summed E-state index contributed by atoms with van der Waals surface area (Å²) < 4.78 is 42.8. The molecule has 0 nitrogen and oxygen atoms in total. The number of aryl methyl sites for hydroxylation is 1. The fraction of sp³-hybridized carbons (Fsp3) is 0.538. The molecular formula is C26H33F3. The third-order valence-electron chi connectivity index (χ3n) is 8.47. The Balaban J connectivity index is 2.52. The molecule has 0 saturated heterocycles. The number of hydrogen-bond acceptors (Lipinski definition) is 0. The predicted molar refractivity (Wildman–Crippen MR) is 115 cm³/mol. The Morgan fingerprint density at radius 3 is 1.45 bits per heavy atom. The van der Waals surface area contributed by atoms with E-state index in [1.165, 1.54) is 6.07 Å². The lowest BCUT2D eigenvalue weighted by Crippen LogP contribution is -2.44. The Bertz CT molecular complexity index is 956. The summed E-state index contributed by atoms with van der Waals surface area (Å²) in [5, 5.41) is 0. The van der Waals surface area contributed by atoms with E-state index in [2.05, 4.69) is 52.8 Å². The minimum absolute atomic E-state index is 0.348. The maximum absolute atomic E-state index is 14.3. The molecular weight excluding hydrogens is 369 g/mol. The van der Waals surface area contributed by atoms with Crippen molar-refractivity contribution in [1.29, 1.82) is 0 Å². The zero-order valence-corrected chi connectivity index (χ0v) is 19.1. The van der Waals surface area contributed by atoms with Crippen molar-refractivity contribution < 1.29 is 13.2 Å². The molecule has 2 aromatic rings. The number of hydrogen-bond donors (Lipinski definition) is 0. The van der Waals surface area contributed by atoms with Crippen molar-refractivity contribution in [1.82, 2.24) is 0 Å². The molecule has 29 heavy (non-hydrogen) atoms. The average molecular weight is 403 g/mol. The van der Waals surface area contributed by atoms with Crippen molar-refractivity contribution in [2.24, 2.45) is 0 Å². The van der Waals surface area contributed by atoms with Crippen LogP contribution in [0.2, 0.25) is 0 Å². The second-order valence-corrected chi connectivity index (χ2v) is 10.8. The van der Waals surface area contributed by atoms with Crippen LogP contribution in [-0.2, 0) is 27.8 Å². The molecule has 2 aromatic carbocycles. The Morgan fingerprint density at radius 1 is 0.586 bits per heavy atom. The Morgan fingerprint density at radius 2 is 1.00 bits per heavy atom. The van der Waals surface area contributed by atoms with Gasteiger partial charge in [-0.25, -0.2) is 0 Å². The zero-order valence-electron chi connectivity index (χ0n) is 19.1. The van der Waals surface area contributed by atoms with Gasteiger partial charge in [0.15, 0.2) is 0 Å². The predicted octanol–water partition coefficient (Wildman–Crippen LogP) is 7.84. The van der Waals surface area contributed by atoms with E-state index in [9.17, 15) is 13.2 Å². The van der Waals surface area contributed by atoms with Crippen molar-refractivity contribution >= 4 is 0 Å². The summed E-state index contributed by atoms with van der Waals surface area (Å²) in [7, 11) is 0. The van der Waals surface area contributed by atoms with Crippen LogP contribution in [0.1, 0.15) is 88.8 Å². The fourth-order valence-electron chi connectivity index (χ4n) is 4.86. The second kappa shape index (κ2) is 6.12. The normalized spacial score (nSPS) is 21.5. The van der Waals surface area contributed by atoms with Crippen molar-refractivity contribution in [2.45, 2.75) is 90.1 Å². The molecule has 6 rings (SSSR count). The highest BCUT2D eigenvalue weighted by atomic mass is 19.4. The molecule has 0 aromatic heterocycles. The van der Waals surface area contributed by atoms with Gasteiger partial charge in [-0.2, -0.15) is 13.2 Å². The van der Waals surface area contributed by atoms with Crippen LogP contribution in [0.25, 0.3) is 0 Å². The van der Waals surface area contributed by atoms with E-state index in [-0.39, 0.29) is 5.41 Å². The van der Waals surface area contributed by atoms with Crippen LogP contribution >= 0.6 is 0 Å². The summed E-state index contributed by atoms with van der Waals surface area (Å²) in [6.07, 6.45) is -4.40. The number of rotatable bonds is 0. The molecule has 3 heteroatoms. The standard InChI is InChI=1S/C26H33F3/c1-16-14-17-10-12-19(16)24(6,7)25(8,9)20-13-11-18(15-21(20)26(27,28)29)23(4,5)22(17,2)3/h10-15H,1-9H3. The lowest BCUT2D eigenvalue weighted by molar-refractivity contribution is -0.139. The monoisotopic (exact) mass is 402 g/mol. The number of benzene rings is 2. The van der Waals surface area contributed by atoms with Gasteiger partial charge in [-0.05, 0) is 62.5 Å². The third kappa shape index (κ3) is 2.95. The maximum atomic E-state index is 14.3. The molecule has 0 amide bonds. The van der Waals surface area contributed by atoms with Crippen LogP contribution < -0.4 is 0 Å². The summed E-state index contributed by atoms with van der Waals surface area (Å²) in [4.78, 5) is 0. The minimum atomic E-state index is -4.40. The summed E-state index contributed by atoms with van der Waals surface area (Å²) in [6.45, 7) is 18.4. The SMILES string of the molecule is Cc1cc2ccc1C(C)(C)C(C)(C)c1ccc(cc1C(F)(F)F)C(C)(C)C2(C)C. The van der Waals surface area contributed by atoms with Crippen LogP contribution in [-0.4, -0.2) is 0 Å². The van der Waals surface area contributed by atoms with E-state index in [1.54, 1.807) is 6.07 Å². The van der Waals surface area contributed by atoms with Crippen molar-refractivity contribution in [3.63, 3.8) is 0 Å². The van der Waals surface area contributed by atoms with Crippen LogP contribution in [0.3, 0.4) is 0 Å². The van der Waals surface area contributed by atoms with Gasteiger partial charge in [-0.1, -0.05) is 85.7 Å². The minimum Gasteiger partial charge on any atom is -0.166 e. The third-order valence-corrected chi connectivity index (χ3v) is 8.47. The van der Waals surface area contributed by atoms with E-state index in [4.69, 9.17) is 0 Å². The first-order valence-electron chi connectivity index (χ1n) is 10.3. The lowest BCUT2D eigenvalue weighted by atomic mass is 9.56. The van der Waals surface area contributed by atoms with Crippen molar-refractivity contribution in [2.75, 3.05) is 0 Å². The van der Waals surface area contributed by atoms with Gasteiger partial charge in [-0.15, -0.1) is 0 Å². The van der Waals surface area contributed by atoms with E-state index >= 15 is 0 Å². The van der Waals surface area contributed by atoms with Gasteiger partial charge < -0.3 is 0 Å². The molecule has 0 N–H and O–H groups in total. The molecule has 0 saturated carbocycles. The Labute approximate surface area is 173 Å². The molecule has 0 unspecified atom stereocenters. The van der Waals surface area contributed by atoms with Gasteiger partial charge in [0.2, 0.25) is 0 Å². The van der Waals surface area contributed by atoms with E-state index in [1.807, 2.05) is 33.8 Å². The number of halogens is 3. The molecule has 0 spiro atoms.